The van der Waals surface area contributed by atoms with Gasteiger partial charge in [-0.15, -0.1) is 0 Å². The lowest BCUT2D eigenvalue weighted by Crippen LogP contribution is -2.38. The third kappa shape index (κ3) is 6.59. The Hall–Kier alpha value is -2.06. The number of hydrogen-bond donors (Lipinski definition) is 2. The number of nitrogens with zero attached hydrogens (tertiary/aromatic N) is 2. The minimum Gasteiger partial charge on any atom is -0.376 e. The van der Waals surface area contributed by atoms with E-state index in [-0.39, 0.29) is 0 Å². The predicted octanol–water partition coefficient (Wildman–Crippen LogP) is 2.96. The highest BCUT2D eigenvalue weighted by Gasteiger charge is 2.12. The molecule has 0 aromatic heterocycles. The first-order valence-electron chi connectivity index (χ1n) is 8.87. The number of guanidine groups is 1. The second-order valence-corrected chi connectivity index (χ2v) is 6.15. The molecule has 1 aliphatic rings. The summed E-state index contributed by atoms with van der Waals surface area (Å²) >= 11 is 0. The highest BCUT2D eigenvalue weighted by atomic mass is 16.5. The summed E-state index contributed by atoms with van der Waals surface area (Å²) in [4.78, 5) is 4.22. The molecule has 5 nitrogen and oxygen atoms in total. The summed E-state index contributed by atoms with van der Waals surface area (Å²) < 4.78 is 5.97. The summed E-state index contributed by atoms with van der Waals surface area (Å²) in [6, 6.07) is 9.74. The van der Waals surface area contributed by atoms with E-state index in [0.717, 1.165) is 18.1 Å². The van der Waals surface area contributed by atoms with Crippen molar-refractivity contribution in [1.82, 2.24) is 10.6 Å². The topological polar surface area (TPSA) is 69.4 Å². The van der Waals surface area contributed by atoms with Crippen LogP contribution in [0.25, 0.3) is 0 Å². The molecule has 1 aliphatic carbocycles. The van der Waals surface area contributed by atoms with E-state index >= 15 is 0 Å². The average molecular weight is 328 g/mol. The molecule has 1 saturated carbocycles. The van der Waals surface area contributed by atoms with Gasteiger partial charge >= 0.3 is 0 Å². The first-order chi connectivity index (χ1) is 11.8. The molecule has 0 unspecified atom stereocenters. The van der Waals surface area contributed by atoms with Gasteiger partial charge in [0, 0.05) is 20.1 Å². The van der Waals surface area contributed by atoms with Gasteiger partial charge in [0.15, 0.2) is 5.96 Å². The van der Waals surface area contributed by atoms with E-state index in [1.807, 2.05) is 18.2 Å². The van der Waals surface area contributed by atoms with Gasteiger partial charge in [0.05, 0.1) is 24.3 Å². The van der Waals surface area contributed by atoms with Crippen LogP contribution in [0.15, 0.2) is 29.3 Å². The van der Waals surface area contributed by atoms with E-state index < -0.39 is 0 Å². The largest absolute Gasteiger partial charge is 0.376 e. The smallest absolute Gasteiger partial charge is 0.191 e. The Bertz CT molecular complexity index is 557. The van der Waals surface area contributed by atoms with Crippen LogP contribution in [0, 0.1) is 11.3 Å². The van der Waals surface area contributed by atoms with E-state index in [1.165, 1.54) is 38.5 Å². The Labute approximate surface area is 145 Å². The first kappa shape index (κ1) is 18.3. The molecule has 1 aromatic carbocycles. The minimum absolute atomic E-state index is 0.429. The monoisotopic (exact) mass is 328 g/mol. The molecule has 5 heteroatoms. The quantitative estimate of drug-likeness (QED) is 0.364. The van der Waals surface area contributed by atoms with Gasteiger partial charge in [-0.25, -0.2) is 0 Å². The van der Waals surface area contributed by atoms with E-state index in [4.69, 9.17) is 10.00 Å². The third-order valence-electron chi connectivity index (χ3n) is 4.29. The fourth-order valence-electron chi connectivity index (χ4n) is 2.96. The predicted molar refractivity (Wildman–Crippen MR) is 96.8 cm³/mol. The van der Waals surface area contributed by atoms with Crippen molar-refractivity contribution in [3.05, 3.63) is 35.4 Å². The minimum atomic E-state index is 0.429. The van der Waals surface area contributed by atoms with Crippen LogP contribution >= 0.6 is 0 Å². The molecule has 2 rings (SSSR count). The van der Waals surface area contributed by atoms with Crippen molar-refractivity contribution >= 4 is 5.96 Å². The molecule has 0 radical (unpaired) electrons. The molecule has 0 aliphatic heterocycles. The second-order valence-electron chi connectivity index (χ2n) is 6.15. The Morgan fingerprint density at radius 1 is 1.25 bits per heavy atom. The van der Waals surface area contributed by atoms with E-state index in [0.29, 0.717) is 24.8 Å². The lowest BCUT2D eigenvalue weighted by atomic mass is 10.1. The standard InChI is InChI=1S/C19H28N4O/c1-21-19(23-15-17-8-6-7-16(13-17)14-20)22-11-12-24-18-9-4-2-3-5-10-18/h6-8,13,18H,2-5,9-12,15H2,1H3,(H2,21,22,23). The molecule has 2 N–H and O–H groups in total. The van der Waals surface area contributed by atoms with Gasteiger partial charge in [-0.1, -0.05) is 37.8 Å². The summed E-state index contributed by atoms with van der Waals surface area (Å²) in [6.07, 6.45) is 8.11. The molecule has 0 saturated heterocycles. The maximum absolute atomic E-state index is 8.93. The van der Waals surface area contributed by atoms with Crippen molar-refractivity contribution in [3.63, 3.8) is 0 Å². The lowest BCUT2D eigenvalue weighted by molar-refractivity contribution is 0.0468. The van der Waals surface area contributed by atoms with Crippen LogP contribution in [-0.2, 0) is 11.3 Å². The van der Waals surface area contributed by atoms with Crippen LogP contribution in [0.1, 0.15) is 49.7 Å². The first-order valence-corrected chi connectivity index (χ1v) is 8.87. The number of ether oxygens (including phenoxy) is 1. The van der Waals surface area contributed by atoms with E-state index in [9.17, 15) is 0 Å². The van der Waals surface area contributed by atoms with Crippen molar-refractivity contribution in [2.75, 3.05) is 20.2 Å². The molecule has 1 fully saturated rings. The highest BCUT2D eigenvalue weighted by Crippen LogP contribution is 2.19. The van der Waals surface area contributed by atoms with Crippen LogP contribution in [0.4, 0.5) is 0 Å². The maximum atomic E-state index is 8.93. The fraction of sp³-hybridized carbons (Fsp3) is 0.579. The van der Waals surface area contributed by atoms with Gasteiger partial charge in [0.25, 0.3) is 0 Å². The molecule has 0 atom stereocenters. The van der Waals surface area contributed by atoms with Gasteiger partial charge in [-0.05, 0) is 30.5 Å². The van der Waals surface area contributed by atoms with Gasteiger partial charge < -0.3 is 15.4 Å². The lowest BCUT2D eigenvalue weighted by Gasteiger charge is -2.17. The summed E-state index contributed by atoms with van der Waals surface area (Å²) in [7, 11) is 1.76. The van der Waals surface area contributed by atoms with Gasteiger partial charge in [-0.3, -0.25) is 4.99 Å². The molecule has 0 amide bonds. The zero-order valence-electron chi connectivity index (χ0n) is 14.6. The normalized spacial score (nSPS) is 16.2. The number of benzene rings is 1. The van der Waals surface area contributed by atoms with Crippen LogP contribution in [0.2, 0.25) is 0 Å². The van der Waals surface area contributed by atoms with E-state index in [1.54, 1.807) is 13.1 Å². The highest BCUT2D eigenvalue weighted by molar-refractivity contribution is 5.79. The van der Waals surface area contributed by atoms with Gasteiger partial charge in [0.2, 0.25) is 0 Å². The molecule has 0 spiro atoms. The summed E-state index contributed by atoms with van der Waals surface area (Å²) in [5, 5.41) is 15.5. The van der Waals surface area contributed by atoms with Crippen molar-refractivity contribution in [1.29, 1.82) is 5.26 Å². The van der Waals surface area contributed by atoms with E-state index in [2.05, 4.69) is 21.7 Å². The van der Waals surface area contributed by atoms with Crippen molar-refractivity contribution < 1.29 is 4.74 Å². The summed E-state index contributed by atoms with van der Waals surface area (Å²) in [5.41, 5.74) is 1.74. The zero-order valence-corrected chi connectivity index (χ0v) is 14.6. The number of rotatable bonds is 6. The molecular weight excluding hydrogens is 300 g/mol. The SMILES string of the molecule is CN=C(NCCOC1CCCCCC1)NCc1cccc(C#N)c1. The molecule has 130 valence electrons. The Morgan fingerprint density at radius 3 is 2.75 bits per heavy atom. The molecule has 1 aromatic rings. The number of hydrogen-bond acceptors (Lipinski definition) is 3. The van der Waals surface area contributed by atoms with Gasteiger partial charge in [-0.2, -0.15) is 5.26 Å². The van der Waals surface area contributed by atoms with Crippen LogP contribution in [0.3, 0.4) is 0 Å². The molecule has 0 heterocycles. The Kier molecular flexibility index (Phi) is 8.12. The summed E-state index contributed by atoms with van der Waals surface area (Å²) in [5.74, 6) is 0.752. The zero-order chi connectivity index (χ0) is 17.0. The van der Waals surface area contributed by atoms with Gasteiger partial charge in [0.1, 0.15) is 0 Å². The molecule has 24 heavy (non-hydrogen) atoms. The van der Waals surface area contributed by atoms with Crippen LogP contribution in [0.5, 0.6) is 0 Å². The number of aliphatic imine (C=N–C) groups is 1. The molecule has 0 bridgehead atoms. The maximum Gasteiger partial charge on any atom is 0.191 e. The van der Waals surface area contributed by atoms with Crippen molar-refractivity contribution in [2.45, 2.75) is 51.2 Å². The molecular formula is C19H28N4O. The van der Waals surface area contributed by atoms with Crippen LogP contribution < -0.4 is 10.6 Å². The average Bonchev–Trinajstić information content (AvgIpc) is 2.90. The van der Waals surface area contributed by atoms with Crippen molar-refractivity contribution in [2.24, 2.45) is 4.99 Å². The Balaban J connectivity index is 1.66. The Morgan fingerprint density at radius 2 is 2.04 bits per heavy atom. The number of nitrogens with one attached hydrogen (secondary N) is 2. The van der Waals surface area contributed by atoms with Crippen LogP contribution in [-0.4, -0.2) is 32.3 Å². The fourth-order valence-corrected chi connectivity index (χ4v) is 2.96. The van der Waals surface area contributed by atoms with Crippen molar-refractivity contribution in [3.8, 4) is 6.07 Å². The number of nitriles is 1. The third-order valence-corrected chi connectivity index (χ3v) is 4.29. The second kappa shape index (κ2) is 10.7. The summed E-state index contributed by atoms with van der Waals surface area (Å²) in [6.45, 7) is 2.09.